The van der Waals surface area contributed by atoms with Gasteiger partial charge >= 0.3 is 0 Å². The molecule has 0 aromatic rings. The Morgan fingerprint density at radius 3 is 2.14 bits per heavy atom. The highest BCUT2D eigenvalue weighted by molar-refractivity contribution is 8.00. The Hall–Kier alpha value is 0.190. The van der Waals surface area contributed by atoms with Crippen LogP contribution in [0.3, 0.4) is 0 Å². The molecule has 0 amide bonds. The molecular weight excluding hydrogens is 204 g/mol. The molecule has 3 N–H and O–H groups in total. The molecule has 1 aliphatic rings. The lowest BCUT2D eigenvalue weighted by molar-refractivity contribution is -0.192. The van der Waals surface area contributed by atoms with E-state index in [9.17, 15) is 15.3 Å². The van der Waals surface area contributed by atoms with Crippen LogP contribution in [0.25, 0.3) is 0 Å². The van der Waals surface area contributed by atoms with Gasteiger partial charge in [-0.2, -0.15) is 0 Å². The van der Waals surface area contributed by atoms with Crippen LogP contribution in [0.5, 0.6) is 0 Å². The highest BCUT2D eigenvalue weighted by Crippen LogP contribution is 2.30. The summed E-state index contributed by atoms with van der Waals surface area (Å²) in [5, 5.41) is 28.9. The van der Waals surface area contributed by atoms with Crippen LogP contribution in [0.15, 0.2) is 0 Å². The lowest BCUT2D eigenvalue weighted by Gasteiger charge is -2.39. The Labute approximate surface area is 88.3 Å². The Bertz CT molecular complexity index is 188. The number of aliphatic hydroxyl groups is 3. The predicted octanol–water partition coefficient (Wildman–Crippen LogP) is -0.0445. The number of aliphatic hydroxyl groups excluding tert-OH is 3. The van der Waals surface area contributed by atoms with E-state index in [1.165, 1.54) is 11.8 Å². The fraction of sp³-hybridized carbons (Fsp3) is 1.00. The molecule has 0 radical (unpaired) electrons. The Morgan fingerprint density at radius 1 is 1.07 bits per heavy atom. The van der Waals surface area contributed by atoms with Gasteiger partial charge in [0.25, 0.3) is 0 Å². The van der Waals surface area contributed by atoms with Gasteiger partial charge in [0.1, 0.15) is 23.7 Å². The number of thioether (sulfide) groups is 1. The van der Waals surface area contributed by atoms with Crippen molar-refractivity contribution in [3.05, 3.63) is 0 Å². The summed E-state index contributed by atoms with van der Waals surface area (Å²) in [6.45, 7) is 5.67. The van der Waals surface area contributed by atoms with Crippen LogP contribution in [0.1, 0.15) is 20.8 Å². The smallest absolute Gasteiger partial charge is 0.132 e. The van der Waals surface area contributed by atoms with Gasteiger partial charge in [-0.15, -0.1) is 11.8 Å². The summed E-state index contributed by atoms with van der Waals surface area (Å²) in [5.74, 6) is 0. The van der Waals surface area contributed by atoms with Crippen molar-refractivity contribution in [3.63, 3.8) is 0 Å². The molecule has 0 spiro atoms. The van der Waals surface area contributed by atoms with E-state index in [-0.39, 0.29) is 0 Å². The lowest BCUT2D eigenvalue weighted by Crippen LogP contribution is -2.55. The van der Waals surface area contributed by atoms with Crippen LogP contribution in [0.4, 0.5) is 0 Å². The molecule has 1 saturated heterocycles. The highest BCUT2D eigenvalue weighted by Gasteiger charge is 2.42. The van der Waals surface area contributed by atoms with Gasteiger partial charge in [0, 0.05) is 5.25 Å². The second-order valence-electron chi connectivity index (χ2n) is 3.87. The van der Waals surface area contributed by atoms with E-state index in [0.717, 1.165) is 0 Å². The first kappa shape index (κ1) is 12.3. The molecule has 0 bridgehead atoms. The van der Waals surface area contributed by atoms with Gasteiger partial charge in [0.2, 0.25) is 0 Å². The monoisotopic (exact) mass is 222 g/mol. The molecule has 1 rings (SSSR count). The summed E-state index contributed by atoms with van der Waals surface area (Å²) in [6, 6.07) is 0. The first-order chi connectivity index (χ1) is 6.43. The van der Waals surface area contributed by atoms with E-state index >= 15 is 0 Å². The fourth-order valence-corrected chi connectivity index (χ4v) is 2.49. The van der Waals surface area contributed by atoms with Crippen molar-refractivity contribution in [2.45, 2.75) is 55.9 Å². The van der Waals surface area contributed by atoms with Crippen LogP contribution < -0.4 is 0 Å². The first-order valence-electron chi connectivity index (χ1n) is 4.78. The third kappa shape index (κ3) is 2.61. The molecule has 1 heterocycles. The minimum Gasteiger partial charge on any atom is -0.388 e. The average molecular weight is 222 g/mol. The van der Waals surface area contributed by atoms with Gasteiger partial charge in [-0.3, -0.25) is 0 Å². The van der Waals surface area contributed by atoms with Gasteiger partial charge in [-0.25, -0.2) is 0 Å². The van der Waals surface area contributed by atoms with E-state index in [1.807, 2.05) is 13.8 Å². The number of ether oxygens (including phenoxy) is 1. The Morgan fingerprint density at radius 2 is 1.64 bits per heavy atom. The van der Waals surface area contributed by atoms with E-state index in [2.05, 4.69) is 0 Å². The number of hydrogen-bond acceptors (Lipinski definition) is 5. The zero-order chi connectivity index (χ0) is 10.9. The molecule has 5 heteroatoms. The van der Waals surface area contributed by atoms with Crippen LogP contribution in [0, 0.1) is 0 Å². The van der Waals surface area contributed by atoms with E-state index in [4.69, 9.17) is 4.74 Å². The molecule has 1 aliphatic heterocycles. The quantitative estimate of drug-likeness (QED) is 0.611. The number of rotatable bonds is 2. The van der Waals surface area contributed by atoms with Gasteiger partial charge in [-0.05, 0) is 6.92 Å². The van der Waals surface area contributed by atoms with Crippen LogP contribution in [0.2, 0.25) is 0 Å². The third-order valence-corrected chi connectivity index (χ3v) is 3.42. The lowest BCUT2D eigenvalue weighted by atomic mass is 10.0. The Balaban J connectivity index is 2.60. The molecule has 0 saturated carbocycles. The maximum Gasteiger partial charge on any atom is 0.132 e. The summed E-state index contributed by atoms with van der Waals surface area (Å²) < 4.78 is 5.40. The normalized spacial score (nSPS) is 44.4. The molecule has 4 nitrogen and oxygen atoms in total. The van der Waals surface area contributed by atoms with E-state index in [0.29, 0.717) is 5.25 Å². The zero-order valence-corrected chi connectivity index (χ0v) is 9.44. The minimum atomic E-state index is -1.12. The molecule has 0 aromatic carbocycles. The fourth-order valence-electron chi connectivity index (χ4n) is 1.39. The maximum atomic E-state index is 9.62. The second-order valence-corrected chi connectivity index (χ2v) is 5.55. The van der Waals surface area contributed by atoms with Crippen molar-refractivity contribution >= 4 is 11.8 Å². The largest absolute Gasteiger partial charge is 0.388 e. The molecule has 0 unspecified atom stereocenters. The van der Waals surface area contributed by atoms with Crippen molar-refractivity contribution in [1.29, 1.82) is 0 Å². The number of hydrogen-bond donors (Lipinski definition) is 3. The summed E-state index contributed by atoms with van der Waals surface area (Å²) in [6.07, 6.45) is -3.58. The molecule has 0 aromatic heterocycles. The molecular formula is C9H18O4S. The topological polar surface area (TPSA) is 69.9 Å². The van der Waals surface area contributed by atoms with E-state index in [1.54, 1.807) is 6.92 Å². The summed E-state index contributed by atoms with van der Waals surface area (Å²) >= 11 is 1.45. The van der Waals surface area contributed by atoms with Crippen molar-refractivity contribution in [2.75, 3.05) is 0 Å². The highest BCUT2D eigenvalue weighted by atomic mass is 32.2. The van der Waals surface area contributed by atoms with Crippen molar-refractivity contribution in [3.8, 4) is 0 Å². The van der Waals surface area contributed by atoms with Crippen LogP contribution in [-0.2, 0) is 4.74 Å². The SMILES string of the molecule is CC(C)S[C@@H]1O[C@H](C)[C@@H](O)[C@H](O)[C@H]1O. The summed E-state index contributed by atoms with van der Waals surface area (Å²) in [7, 11) is 0. The summed E-state index contributed by atoms with van der Waals surface area (Å²) in [4.78, 5) is 0. The van der Waals surface area contributed by atoms with Gasteiger partial charge in [0.05, 0.1) is 6.10 Å². The zero-order valence-electron chi connectivity index (χ0n) is 8.62. The van der Waals surface area contributed by atoms with Crippen molar-refractivity contribution in [2.24, 2.45) is 0 Å². The standard InChI is InChI=1S/C9H18O4S/c1-4(2)14-9-8(12)7(11)6(10)5(3)13-9/h4-12H,1-3H3/t5-,6-,7+,8-,9+/m1/s1. The van der Waals surface area contributed by atoms with Crippen LogP contribution >= 0.6 is 11.8 Å². The van der Waals surface area contributed by atoms with Crippen LogP contribution in [-0.4, -0.2) is 50.4 Å². The molecule has 5 atom stereocenters. The summed E-state index contributed by atoms with van der Waals surface area (Å²) in [5.41, 5.74) is -0.455. The molecule has 0 aliphatic carbocycles. The van der Waals surface area contributed by atoms with E-state index < -0.39 is 29.9 Å². The van der Waals surface area contributed by atoms with Crippen molar-refractivity contribution in [1.82, 2.24) is 0 Å². The van der Waals surface area contributed by atoms with Crippen molar-refractivity contribution < 1.29 is 20.1 Å². The van der Waals surface area contributed by atoms with Gasteiger partial charge in [0.15, 0.2) is 0 Å². The van der Waals surface area contributed by atoms with Gasteiger partial charge in [-0.1, -0.05) is 13.8 Å². The first-order valence-corrected chi connectivity index (χ1v) is 5.73. The maximum absolute atomic E-state index is 9.62. The molecule has 84 valence electrons. The average Bonchev–Trinajstić information content (AvgIpc) is 2.10. The minimum absolute atomic E-state index is 0.310. The Kier molecular flexibility index (Phi) is 4.21. The predicted molar refractivity (Wildman–Crippen MR) is 55.1 cm³/mol. The van der Waals surface area contributed by atoms with Gasteiger partial charge < -0.3 is 20.1 Å². The third-order valence-electron chi connectivity index (χ3n) is 2.21. The molecule has 14 heavy (non-hydrogen) atoms. The second kappa shape index (κ2) is 4.81. The molecule has 1 fully saturated rings.